The van der Waals surface area contributed by atoms with E-state index in [0.717, 1.165) is 28.4 Å². The largest absolute Gasteiger partial charge is 0.465 e. The number of nitrogens with zero attached hydrogens (tertiary/aromatic N) is 4. The minimum absolute atomic E-state index is 0.106. The molecule has 2 heterocycles. The molecule has 1 atom stereocenters. The van der Waals surface area contributed by atoms with Gasteiger partial charge in [0.1, 0.15) is 0 Å². The highest BCUT2D eigenvalue weighted by Gasteiger charge is 2.34. The fourth-order valence-electron chi connectivity index (χ4n) is 3.54. The van der Waals surface area contributed by atoms with Gasteiger partial charge in [0.15, 0.2) is 0 Å². The Morgan fingerprint density at radius 1 is 1.27 bits per heavy atom. The fourth-order valence-corrected chi connectivity index (χ4v) is 4.10. The third-order valence-corrected chi connectivity index (χ3v) is 5.56. The molecule has 0 saturated heterocycles. The van der Waals surface area contributed by atoms with Gasteiger partial charge in [-0.05, 0) is 31.9 Å². The molecule has 1 aromatic heterocycles. The summed E-state index contributed by atoms with van der Waals surface area (Å²) >= 11 is 3.59. The van der Waals surface area contributed by atoms with Gasteiger partial charge in [0.2, 0.25) is 5.91 Å². The molecule has 4 rings (SSSR count). The van der Waals surface area contributed by atoms with Crippen molar-refractivity contribution in [3.05, 3.63) is 29.0 Å². The Morgan fingerprint density at radius 3 is 2.62 bits per heavy atom. The Labute approximate surface area is 159 Å². The number of benzene rings is 1. The molecule has 0 bridgehead atoms. The average Bonchev–Trinajstić information content (AvgIpc) is 3.30. The van der Waals surface area contributed by atoms with Crippen LogP contribution in [0.4, 0.5) is 16.2 Å². The highest BCUT2D eigenvalue weighted by molar-refractivity contribution is 9.10. The second-order valence-electron chi connectivity index (χ2n) is 6.89. The Kier molecular flexibility index (Phi) is 4.02. The topological polar surface area (TPSA) is 78.7 Å². The van der Waals surface area contributed by atoms with E-state index in [9.17, 15) is 14.7 Å². The summed E-state index contributed by atoms with van der Waals surface area (Å²) in [4.78, 5) is 26.9. The molecule has 0 unspecified atom stereocenters. The standard InChI is InChI=1S/C18H19BrN4O3/c1-10-8-21(18(25)26)16-5-14(12-7-20-22(9-12)13-3-4-13)15(19)6-17(16)23(10)11(2)24/h5-7,9-10,13H,3-4,8H2,1-2H3,(H,25,26)/t10-/m0/s1. The molecule has 0 spiro atoms. The maximum absolute atomic E-state index is 12.1. The SMILES string of the molecule is CC(=O)N1c2cc(Br)c(-c3cnn(C4CC4)c3)cc2N(C(=O)O)C[C@@H]1C. The Bertz CT molecular complexity index is 906. The number of hydrogen-bond donors (Lipinski definition) is 1. The van der Waals surface area contributed by atoms with Crippen molar-refractivity contribution in [2.45, 2.75) is 38.8 Å². The normalized spacial score (nSPS) is 19.4. The van der Waals surface area contributed by atoms with Crippen molar-refractivity contribution >= 4 is 39.3 Å². The van der Waals surface area contributed by atoms with Crippen LogP contribution in [0.2, 0.25) is 0 Å². The predicted molar refractivity (Wildman–Crippen MR) is 102 cm³/mol. The zero-order valence-electron chi connectivity index (χ0n) is 14.5. The molecule has 2 aromatic rings. The van der Waals surface area contributed by atoms with E-state index < -0.39 is 6.09 Å². The molecule has 1 aliphatic heterocycles. The first-order chi connectivity index (χ1) is 12.4. The van der Waals surface area contributed by atoms with Gasteiger partial charge in [-0.1, -0.05) is 15.9 Å². The lowest BCUT2D eigenvalue weighted by molar-refractivity contribution is -0.117. The molecule has 2 amide bonds. The van der Waals surface area contributed by atoms with E-state index in [0.29, 0.717) is 17.4 Å². The maximum Gasteiger partial charge on any atom is 0.411 e. The van der Waals surface area contributed by atoms with Crippen molar-refractivity contribution in [1.29, 1.82) is 0 Å². The highest BCUT2D eigenvalue weighted by Crippen LogP contribution is 2.43. The molecule has 1 saturated carbocycles. The zero-order valence-corrected chi connectivity index (χ0v) is 16.1. The number of aromatic nitrogens is 2. The molecule has 136 valence electrons. The van der Waals surface area contributed by atoms with Crippen LogP contribution < -0.4 is 9.80 Å². The van der Waals surface area contributed by atoms with Gasteiger partial charge in [0.25, 0.3) is 0 Å². The molecule has 1 fully saturated rings. The molecule has 1 N–H and O–H groups in total. The minimum atomic E-state index is -1.02. The lowest BCUT2D eigenvalue weighted by atomic mass is 10.0. The molecular weight excluding hydrogens is 400 g/mol. The van der Waals surface area contributed by atoms with Crippen LogP contribution in [0.3, 0.4) is 0 Å². The average molecular weight is 419 g/mol. The third-order valence-electron chi connectivity index (χ3n) is 4.91. The molecule has 26 heavy (non-hydrogen) atoms. The van der Waals surface area contributed by atoms with Crippen LogP contribution in [-0.2, 0) is 4.79 Å². The predicted octanol–water partition coefficient (Wildman–Crippen LogP) is 3.89. The quantitative estimate of drug-likeness (QED) is 0.801. The van der Waals surface area contributed by atoms with Crippen molar-refractivity contribution in [2.75, 3.05) is 16.3 Å². The van der Waals surface area contributed by atoms with Crippen molar-refractivity contribution in [1.82, 2.24) is 9.78 Å². The first-order valence-corrected chi connectivity index (χ1v) is 9.34. The molecule has 8 heteroatoms. The first-order valence-electron chi connectivity index (χ1n) is 8.55. The Balaban J connectivity index is 1.84. The summed E-state index contributed by atoms with van der Waals surface area (Å²) in [6.45, 7) is 3.59. The number of halogens is 1. The number of carbonyl (C=O) groups excluding carboxylic acids is 1. The monoisotopic (exact) mass is 418 g/mol. The van der Waals surface area contributed by atoms with Gasteiger partial charge in [-0.3, -0.25) is 14.4 Å². The summed E-state index contributed by atoms with van der Waals surface area (Å²) in [5.41, 5.74) is 2.90. The lowest BCUT2D eigenvalue weighted by Crippen LogP contribution is -2.51. The molecular formula is C18H19BrN4O3. The van der Waals surface area contributed by atoms with E-state index in [1.54, 1.807) is 11.1 Å². The van der Waals surface area contributed by atoms with Crippen molar-refractivity contribution < 1.29 is 14.7 Å². The lowest BCUT2D eigenvalue weighted by Gasteiger charge is -2.40. The summed E-state index contributed by atoms with van der Waals surface area (Å²) in [5.74, 6) is -0.106. The zero-order chi connectivity index (χ0) is 18.6. The Hall–Kier alpha value is -2.35. The number of amides is 2. The van der Waals surface area contributed by atoms with Crippen LogP contribution >= 0.6 is 15.9 Å². The van der Waals surface area contributed by atoms with Crippen molar-refractivity contribution in [2.24, 2.45) is 0 Å². The Morgan fingerprint density at radius 2 is 2.00 bits per heavy atom. The van der Waals surface area contributed by atoms with Gasteiger partial charge in [-0.2, -0.15) is 5.10 Å². The first kappa shape index (κ1) is 17.1. The molecule has 0 radical (unpaired) electrons. The van der Waals surface area contributed by atoms with Gasteiger partial charge in [-0.25, -0.2) is 4.79 Å². The number of rotatable bonds is 2. The fraction of sp³-hybridized carbons (Fsp3) is 0.389. The molecule has 1 aliphatic carbocycles. The van der Waals surface area contributed by atoms with E-state index in [2.05, 4.69) is 21.0 Å². The van der Waals surface area contributed by atoms with E-state index in [1.165, 1.54) is 11.8 Å². The number of hydrogen-bond acceptors (Lipinski definition) is 3. The smallest absolute Gasteiger partial charge is 0.411 e. The van der Waals surface area contributed by atoms with Crippen LogP contribution in [0.15, 0.2) is 29.0 Å². The summed E-state index contributed by atoms with van der Waals surface area (Å²) < 4.78 is 2.76. The van der Waals surface area contributed by atoms with Crippen LogP contribution in [0.1, 0.15) is 32.7 Å². The number of anilines is 2. The third kappa shape index (κ3) is 2.78. The maximum atomic E-state index is 12.1. The summed E-state index contributed by atoms with van der Waals surface area (Å²) in [5, 5.41) is 14.1. The number of carbonyl (C=O) groups is 2. The van der Waals surface area contributed by atoms with E-state index in [1.807, 2.05) is 29.9 Å². The number of carboxylic acid groups (broad SMARTS) is 1. The van der Waals surface area contributed by atoms with Crippen LogP contribution in [0.25, 0.3) is 11.1 Å². The second-order valence-corrected chi connectivity index (χ2v) is 7.75. The highest BCUT2D eigenvalue weighted by atomic mass is 79.9. The molecule has 1 aromatic carbocycles. The van der Waals surface area contributed by atoms with Gasteiger partial charge in [0.05, 0.1) is 29.7 Å². The van der Waals surface area contributed by atoms with E-state index >= 15 is 0 Å². The van der Waals surface area contributed by atoms with Gasteiger partial charge in [0, 0.05) is 35.3 Å². The van der Waals surface area contributed by atoms with E-state index in [4.69, 9.17) is 0 Å². The second kappa shape index (κ2) is 6.12. The molecule has 7 nitrogen and oxygen atoms in total. The van der Waals surface area contributed by atoms with Crippen molar-refractivity contribution in [3.63, 3.8) is 0 Å². The van der Waals surface area contributed by atoms with Gasteiger partial charge >= 0.3 is 6.09 Å². The van der Waals surface area contributed by atoms with Crippen LogP contribution in [-0.4, -0.2) is 39.5 Å². The minimum Gasteiger partial charge on any atom is -0.465 e. The molecule has 2 aliphatic rings. The van der Waals surface area contributed by atoms with Gasteiger partial charge < -0.3 is 10.0 Å². The summed E-state index contributed by atoms with van der Waals surface area (Å²) in [6, 6.07) is 3.90. The summed E-state index contributed by atoms with van der Waals surface area (Å²) in [7, 11) is 0. The van der Waals surface area contributed by atoms with Crippen LogP contribution in [0, 0.1) is 0 Å². The van der Waals surface area contributed by atoms with E-state index in [-0.39, 0.29) is 18.5 Å². The van der Waals surface area contributed by atoms with Crippen molar-refractivity contribution in [3.8, 4) is 11.1 Å². The van der Waals surface area contributed by atoms with Gasteiger partial charge in [-0.15, -0.1) is 0 Å². The number of fused-ring (bicyclic) bond motifs is 1. The van der Waals surface area contributed by atoms with Crippen LogP contribution in [0.5, 0.6) is 0 Å². The summed E-state index contributed by atoms with van der Waals surface area (Å²) in [6.07, 6.45) is 5.05.